The van der Waals surface area contributed by atoms with Crippen LogP contribution in [0.1, 0.15) is 32.1 Å². The summed E-state index contributed by atoms with van der Waals surface area (Å²) in [5.74, 6) is 5.78. The van der Waals surface area contributed by atoms with Gasteiger partial charge in [-0.05, 0) is 49.7 Å². The van der Waals surface area contributed by atoms with Gasteiger partial charge in [0.1, 0.15) is 13.2 Å². The van der Waals surface area contributed by atoms with Crippen molar-refractivity contribution in [2.45, 2.75) is 36.2 Å². The maximum Gasteiger partial charge on any atom is 0.227 e. The van der Waals surface area contributed by atoms with Crippen molar-refractivity contribution in [3.8, 4) is 11.5 Å². The third-order valence-electron chi connectivity index (χ3n) is 6.30. The highest BCUT2D eigenvalue weighted by atomic mass is 32.2. The van der Waals surface area contributed by atoms with E-state index < -0.39 is 0 Å². The third kappa shape index (κ3) is 2.89. The Morgan fingerprint density at radius 2 is 1.73 bits per heavy atom. The summed E-state index contributed by atoms with van der Waals surface area (Å²) in [7, 11) is 0. The molecule has 2 bridgehead atoms. The van der Waals surface area contributed by atoms with E-state index in [0.717, 1.165) is 30.0 Å². The molecular formula is C20H25NO3S2. The molecule has 2 saturated carbocycles. The molecular weight excluding hydrogens is 366 g/mol. The minimum absolute atomic E-state index is 0.144. The van der Waals surface area contributed by atoms with Gasteiger partial charge in [0, 0.05) is 29.2 Å². The molecule has 6 heteroatoms. The fraction of sp³-hybridized carbons (Fsp3) is 0.650. The first-order valence-corrected chi connectivity index (χ1v) is 11.7. The van der Waals surface area contributed by atoms with Crippen LogP contribution in [0, 0.1) is 17.8 Å². The average molecular weight is 392 g/mol. The van der Waals surface area contributed by atoms with Gasteiger partial charge in [0.15, 0.2) is 11.5 Å². The molecule has 2 heterocycles. The van der Waals surface area contributed by atoms with Crippen LogP contribution in [0.2, 0.25) is 0 Å². The van der Waals surface area contributed by atoms with E-state index in [2.05, 4.69) is 28.8 Å². The van der Waals surface area contributed by atoms with Crippen molar-refractivity contribution in [3.63, 3.8) is 0 Å². The molecule has 1 unspecified atom stereocenters. The minimum Gasteiger partial charge on any atom is -0.486 e. The van der Waals surface area contributed by atoms with Crippen molar-refractivity contribution < 1.29 is 14.3 Å². The van der Waals surface area contributed by atoms with Crippen molar-refractivity contribution in [3.05, 3.63) is 18.2 Å². The highest BCUT2D eigenvalue weighted by molar-refractivity contribution is 8.21. The van der Waals surface area contributed by atoms with Crippen LogP contribution in [0.3, 0.4) is 0 Å². The van der Waals surface area contributed by atoms with Gasteiger partial charge in [0.05, 0.1) is 4.08 Å². The third-order valence-corrected chi connectivity index (χ3v) is 10.3. The van der Waals surface area contributed by atoms with Crippen LogP contribution in [0.4, 0.5) is 5.69 Å². The molecule has 140 valence electrons. The quantitative estimate of drug-likeness (QED) is 0.810. The van der Waals surface area contributed by atoms with Crippen molar-refractivity contribution in [2.75, 3.05) is 30.0 Å². The number of fused-ring (bicyclic) bond motifs is 1. The molecule has 1 aromatic rings. The second kappa shape index (κ2) is 6.86. The standard InChI is InChI=1S/C20H25NO3S2/c22-19(21-16-4-5-17-18(12-16)24-7-6-23-17)13-10-14-2-1-3-15(11-13)20(14)25-8-9-26-20/h4-5,12-15H,1-3,6-11H2,(H,21,22)/t13?,14-,15+. The molecule has 4 aliphatic rings. The van der Waals surface area contributed by atoms with E-state index in [9.17, 15) is 4.79 Å². The summed E-state index contributed by atoms with van der Waals surface area (Å²) in [5, 5.41) is 3.14. The second-order valence-corrected chi connectivity index (χ2v) is 10.8. The first kappa shape index (κ1) is 17.1. The van der Waals surface area contributed by atoms with Crippen LogP contribution in [0.5, 0.6) is 11.5 Å². The molecule has 26 heavy (non-hydrogen) atoms. The number of hydrogen-bond donors (Lipinski definition) is 1. The Labute approximate surface area is 163 Å². The van der Waals surface area contributed by atoms with Gasteiger partial charge in [-0.1, -0.05) is 6.42 Å². The van der Waals surface area contributed by atoms with Crippen molar-refractivity contribution in [2.24, 2.45) is 17.8 Å². The highest BCUT2D eigenvalue weighted by Crippen LogP contribution is 2.64. The predicted molar refractivity (Wildman–Crippen MR) is 107 cm³/mol. The summed E-state index contributed by atoms with van der Waals surface area (Å²) in [6, 6.07) is 5.69. The second-order valence-electron chi connectivity index (χ2n) is 7.76. The Kier molecular flexibility index (Phi) is 4.52. The maximum absolute atomic E-state index is 13.0. The number of ether oxygens (including phenoxy) is 2. The predicted octanol–water partition coefficient (Wildman–Crippen LogP) is 4.40. The Balaban J connectivity index is 1.29. The fourth-order valence-corrected chi connectivity index (χ4v) is 9.13. The molecule has 0 radical (unpaired) electrons. The van der Waals surface area contributed by atoms with Crippen LogP contribution in [-0.2, 0) is 4.79 Å². The molecule has 2 aliphatic carbocycles. The molecule has 4 nitrogen and oxygen atoms in total. The van der Waals surface area contributed by atoms with E-state index in [1.807, 2.05) is 18.2 Å². The van der Waals surface area contributed by atoms with E-state index in [4.69, 9.17) is 9.47 Å². The Morgan fingerprint density at radius 3 is 2.46 bits per heavy atom. The topological polar surface area (TPSA) is 47.6 Å². The molecule has 1 aromatic carbocycles. The van der Waals surface area contributed by atoms with Gasteiger partial charge in [0.2, 0.25) is 5.91 Å². The number of benzene rings is 1. The smallest absolute Gasteiger partial charge is 0.227 e. The number of nitrogens with one attached hydrogen (secondary N) is 1. The molecule has 3 atom stereocenters. The van der Waals surface area contributed by atoms with Gasteiger partial charge < -0.3 is 14.8 Å². The zero-order valence-electron chi connectivity index (χ0n) is 14.9. The summed E-state index contributed by atoms with van der Waals surface area (Å²) >= 11 is 4.38. The lowest BCUT2D eigenvalue weighted by molar-refractivity contribution is -0.122. The molecule has 5 rings (SSSR count). The van der Waals surface area contributed by atoms with Crippen molar-refractivity contribution >= 4 is 35.1 Å². The Hall–Kier alpha value is -1.01. The summed E-state index contributed by atoms with van der Waals surface area (Å²) in [4.78, 5) is 13.0. The van der Waals surface area contributed by atoms with E-state index in [1.165, 1.54) is 30.8 Å². The molecule has 2 aliphatic heterocycles. The summed E-state index contributed by atoms with van der Waals surface area (Å²) in [6.07, 6.45) is 6.03. The molecule has 0 aromatic heterocycles. The number of carbonyl (C=O) groups is 1. The lowest BCUT2D eigenvalue weighted by Gasteiger charge is -2.52. The number of rotatable bonds is 2. The molecule has 1 spiro atoms. The summed E-state index contributed by atoms with van der Waals surface area (Å²) < 4.78 is 11.6. The van der Waals surface area contributed by atoms with Crippen LogP contribution >= 0.6 is 23.5 Å². The fourth-order valence-electron chi connectivity index (χ4n) is 5.19. The van der Waals surface area contributed by atoms with Crippen LogP contribution in [0.25, 0.3) is 0 Å². The van der Waals surface area contributed by atoms with E-state index in [-0.39, 0.29) is 11.8 Å². The van der Waals surface area contributed by atoms with Crippen LogP contribution < -0.4 is 14.8 Å². The summed E-state index contributed by atoms with van der Waals surface area (Å²) in [5.41, 5.74) is 0.814. The number of amides is 1. The highest BCUT2D eigenvalue weighted by Gasteiger charge is 2.55. The first-order valence-electron chi connectivity index (χ1n) is 9.73. The molecule has 3 fully saturated rings. The van der Waals surface area contributed by atoms with Gasteiger partial charge in [0.25, 0.3) is 0 Å². The van der Waals surface area contributed by atoms with Crippen LogP contribution in [-0.4, -0.2) is 34.7 Å². The van der Waals surface area contributed by atoms with Gasteiger partial charge in [-0.15, -0.1) is 23.5 Å². The van der Waals surface area contributed by atoms with Crippen molar-refractivity contribution in [1.29, 1.82) is 0 Å². The lowest BCUT2D eigenvalue weighted by atomic mass is 9.67. The largest absolute Gasteiger partial charge is 0.486 e. The van der Waals surface area contributed by atoms with E-state index in [1.54, 1.807) is 0 Å². The average Bonchev–Trinajstić information content (AvgIpc) is 3.11. The molecule has 1 saturated heterocycles. The zero-order valence-corrected chi connectivity index (χ0v) is 16.5. The Morgan fingerprint density at radius 1 is 1.04 bits per heavy atom. The number of carbonyl (C=O) groups excluding carboxylic acids is 1. The number of hydrogen-bond acceptors (Lipinski definition) is 5. The van der Waals surface area contributed by atoms with E-state index >= 15 is 0 Å². The number of anilines is 1. The first-order chi connectivity index (χ1) is 12.7. The SMILES string of the molecule is O=C(Nc1ccc2c(c1)OCCO2)C1C[C@H]2CCC[C@@H](C1)C21SCCS1. The zero-order chi connectivity index (χ0) is 17.6. The molecule has 1 N–H and O–H groups in total. The minimum atomic E-state index is 0.144. The van der Waals surface area contributed by atoms with Gasteiger partial charge in [-0.25, -0.2) is 0 Å². The van der Waals surface area contributed by atoms with E-state index in [0.29, 0.717) is 29.1 Å². The van der Waals surface area contributed by atoms with Gasteiger partial charge in [-0.2, -0.15) is 0 Å². The van der Waals surface area contributed by atoms with Crippen molar-refractivity contribution in [1.82, 2.24) is 0 Å². The lowest BCUT2D eigenvalue weighted by Crippen LogP contribution is -2.48. The summed E-state index contributed by atoms with van der Waals surface area (Å²) in [6.45, 7) is 1.15. The van der Waals surface area contributed by atoms with Crippen LogP contribution in [0.15, 0.2) is 18.2 Å². The normalized spacial score (nSPS) is 31.6. The Bertz CT molecular complexity index is 688. The number of thioether (sulfide) groups is 2. The van der Waals surface area contributed by atoms with Gasteiger partial charge >= 0.3 is 0 Å². The molecule has 1 amide bonds. The van der Waals surface area contributed by atoms with Gasteiger partial charge in [-0.3, -0.25) is 4.79 Å². The monoisotopic (exact) mass is 391 g/mol. The maximum atomic E-state index is 13.0.